The SMILES string of the molecule is CC(=O)c1ccc(NC(=O)O[C@H](c2ccc(O)c3ccccc23)[C@@H](C)CCO)cc1. The van der Waals surface area contributed by atoms with E-state index >= 15 is 0 Å². The van der Waals surface area contributed by atoms with Crippen molar-refractivity contribution in [3.8, 4) is 5.75 Å². The van der Waals surface area contributed by atoms with Crippen LogP contribution < -0.4 is 5.32 Å². The van der Waals surface area contributed by atoms with Gasteiger partial charge in [0.2, 0.25) is 0 Å². The number of rotatable bonds is 7. The Bertz CT molecular complexity index is 1050. The first-order valence-corrected chi connectivity index (χ1v) is 9.80. The van der Waals surface area contributed by atoms with E-state index in [4.69, 9.17) is 4.74 Å². The van der Waals surface area contributed by atoms with Gasteiger partial charge < -0.3 is 14.9 Å². The van der Waals surface area contributed by atoms with Crippen molar-refractivity contribution in [2.45, 2.75) is 26.4 Å². The lowest BCUT2D eigenvalue weighted by Gasteiger charge is -2.25. The van der Waals surface area contributed by atoms with Gasteiger partial charge in [0.05, 0.1) is 0 Å². The van der Waals surface area contributed by atoms with Crippen LogP contribution >= 0.6 is 0 Å². The van der Waals surface area contributed by atoms with E-state index < -0.39 is 12.2 Å². The van der Waals surface area contributed by atoms with E-state index in [9.17, 15) is 19.8 Å². The Labute approximate surface area is 175 Å². The first-order chi connectivity index (χ1) is 14.4. The maximum absolute atomic E-state index is 12.6. The Balaban J connectivity index is 1.87. The molecule has 156 valence electrons. The van der Waals surface area contributed by atoms with Gasteiger partial charge in [-0.3, -0.25) is 10.1 Å². The van der Waals surface area contributed by atoms with Crippen molar-refractivity contribution in [2.75, 3.05) is 11.9 Å². The number of aliphatic hydroxyl groups is 1. The number of anilines is 1. The molecule has 0 bridgehead atoms. The van der Waals surface area contributed by atoms with E-state index in [1.165, 1.54) is 6.92 Å². The summed E-state index contributed by atoms with van der Waals surface area (Å²) in [5.41, 5.74) is 1.82. The quantitative estimate of drug-likeness (QED) is 0.476. The fourth-order valence-corrected chi connectivity index (χ4v) is 3.45. The number of nitrogens with one attached hydrogen (secondary N) is 1. The number of benzene rings is 3. The van der Waals surface area contributed by atoms with Crippen LogP contribution in [0.5, 0.6) is 5.75 Å². The number of carbonyl (C=O) groups excluding carboxylic acids is 2. The molecule has 0 spiro atoms. The Hall–Kier alpha value is -3.38. The third-order valence-corrected chi connectivity index (χ3v) is 5.11. The molecule has 0 unspecified atom stereocenters. The first kappa shape index (κ1) is 21.3. The van der Waals surface area contributed by atoms with Crippen molar-refractivity contribution in [3.63, 3.8) is 0 Å². The number of carbonyl (C=O) groups is 2. The fourth-order valence-electron chi connectivity index (χ4n) is 3.45. The highest BCUT2D eigenvalue weighted by Crippen LogP contribution is 2.36. The van der Waals surface area contributed by atoms with Crippen molar-refractivity contribution in [1.82, 2.24) is 0 Å². The van der Waals surface area contributed by atoms with E-state index in [2.05, 4.69) is 5.32 Å². The highest BCUT2D eigenvalue weighted by atomic mass is 16.6. The van der Waals surface area contributed by atoms with Crippen LogP contribution in [-0.4, -0.2) is 28.7 Å². The molecule has 3 rings (SSSR count). The van der Waals surface area contributed by atoms with Crippen LogP contribution in [0.15, 0.2) is 60.7 Å². The minimum Gasteiger partial charge on any atom is -0.507 e. The molecule has 2 atom stereocenters. The van der Waals surface area contributed by atoms with Gasteiger partial charge in [-0.1, -0.05) is 37.3 Å². The molecule has 6 nitrogen and oxygen atoms in total. The number of hydrogen-bond acceptors (Lipinski definition) is 5. The van der Waals surface area contributed by atoms with Gasteiger partial charge in [0.15, 0.2) is 5.78 Å². The van der Waals surface area contributed by atoms with E-state index in [0.29, 0.717) is 23.1 Å². The number of aromatic hydroxyl groups is 1. The van der Waals surface area contributed by atoms with Crippen LogP contribution in [-0.2, 0) is 4.74 Å². The Morgan fingerprint density at radius 1 is 1.00 bits per heavy atom. The van der Waals surface area contributed by atoms with Gasteiger partial charge >= 0.3 is 6.09 Å². The molecule has 6 heteroatoms. The van der Waals surface area contributed by atoms with Crippen molar-refractivity contribution in [2.24, 2.45) is 5.92 Å². The zero-order valence-electron chi connectivity index (χ0n) is 17.0. The van der Waals surface area contributed by atoms with Crippen LogP contribution in [0.3, 0.4) is 0 Å². The largest absolute Gasteiger partial charge is 0.507 e. The summed E-state index contributed by atoms with van der Waals surface area (Å²) in [5.74, 6) is -0.0621. The summed E-state index contributed by atoms with van der Waals surface area (Å²) in [6, 6.07) is 17.2. The highest BCUT2D eigenvalue weighted by molar-refractivity contribution is 5.95. The van der Waals surface area contributed by atoms with Crippen molar-refractivity contribution in [3.05, 3.63) is 71.8 Å². The van der Waals surface area contributed by atoms with E-state index in [1.54, 1.807) is 42.5 Å². The van der Waals surface area contributed by atoms with Crippen molar-refractivity contribution in [1.29, 1.82) is 0 Å². The molecule has 3 N–H and O–H groups in total. The number of Topliss-reactive ketones (excluding diaryl/α,β-unsaturated/α-hetero) is 1. The van der Waals surface area contributed by atoms with E-state index in [0.717, 1.165) is 10.9 Å². The molecule has 0 aromatic heterocycles. The molecule has 0 saturated carbocycles. The predicted octanol–water partition coefficient (Wildman–Crippen LogP) is 5.06. The van der Waals surface area contributed by atoms with E-state index in [1.807, 2.05) is 25.1 Å². The Morgan fingerprint density at radius 2 is 1.67 bits per heavy atom. The van der Waals surface area contributed by atoms with E-state index in [-0.39, 0.29) is 24.1 Å². The lowest BCUT2D eigenvalue weighted by Crippen LogP contribution is -2.22. The van der Waals surface area contributed by atoms with Gasteiger partial charge in [0.1, 0.15) is 11.9 Å². The maximum atomic E-state index is 12.6. The van der Waals surface area contributed by atoms with Gasteiger partial charge in [-0.15, -0.1) is 0 Å². The summed E-state index contributed by atoms with van der Waals surface area (Å²) >= 11 is 0. The molecule has 0 heterocycles. The first-order valence-electron chi connectivity index (χ1n) is 9.80. The predicted molar refractivity (Wildman–Crippen MR) is 116 cm³/mol. The number of phenols is 1. The second-order valence-electron chi connectivity index (χ2n) is 7.29. The molecule has 0 aliphatic carbocycles. The standard InChI is InChI=1S/C24H25NO5/c1-15(13-14-26)23(21-11-12-22(28)20-6-4-3-5-19(20)21)30-24(29)25-18-9-7-17(8-10-18)16(2)27/h3-12,15,23,26,28H,13-14H2,1-2H3,(H,25,29)/t15-,23-/m0/s1. The van der Waals surface area contributed by atoms with Gasteiger partial charge in [-0.2, -0.15) is 0 Å². The number of ketones is 1. The lowest BCUT2D eigenvalue weighted by atomic mass is 9.91. The van der Waals surface area contributed by atoms with Crippen molar-refractivity contribution >= 4 is 28.3 Å². The normalized spacial score (nSPS) is 12.9. The average Bonchev–Trinajstić information content (AvgIpc) is 2.73. The van der Waals surface area contributed by atoms with Gasteiger partial charge in [0, 0.05) is 28.8 Å². The third kappa shape index (κ3) is 4.78. The summed E-state index contributed by atoms with van der Waals surface area (Å²) < 4.78 is 5.77. The van der Waals surface area contributed by atoms with Gasteiger partial charge in [-0.25, -0.2) is 4.79 Å². The second-order valence-corrected chi connectivity index (χ2v) is 7.29. The summed E-state index contributed by atoms with van der Waals surface area (Å²) in [5, 5.41) is 23.7. The third-order valence-electron chi connectivity index (χ3n) is 5.11. The summed E-state index contributed by atoms with van der Waals surface area (Å²) in [6.45, 7) is 3.34. The highest BCUT2D eigenvalue weighted by Gasteiger charge is 2.26. The number of hydrogen-bond donors (Lipinski definition) is 3. The molecular formula is C24H25NO5. The summed E-state index contributed by atoms with van der Waals surface area (Å²) in [4.78, 5) is 24.0. The molecule has 0 saturated heterocycles. The monoisotopic (exact) mass is 407 g/mol. The zero-order chi connectivity index (χ0) is 21.7. The average molecular weight is 407 g/mol. The molecule has 3 aromatic carbocycles. The van der Waals surface area contributed by atoms with Crippen LogP contribution in [0.2, 0.25) is 0 Å². The molecule has 0 aliphatic heterocycles. The summed E-state index contributed by atoms with van der Waals surface area (Å²) in [6.07, 6.45) is -0.822. The molecule has 30 heavy (non-hydrogen) atoms. The topological polar surface area (TPSA) is 95.9 Å². The molecule has 0 aliphatic rings. The molecule has 0 radical (unpaired) electrons. The second kappa shape index (κ2) is 9.41. The smallest absolute Gasteiger partial charge is 0.412 e. The fraction of sp³-hybridized carbons (Fsp3) is 0.250. The molecule has 1 amide bonds. The zero-order valence-corrected chi connectivity index (χ0v) is 17.0. The summed E-state index contributed by atoms with van der Waals surface area (Å²) in [7, 11) is 0. The molecule has 3 aromatic rings. The Morgan fingerprint density at radius 3 is 2.30 bits per heavy atom. The molecule has 0 fully saturated rings. The lowest BCUT2D eigenvalue weighted by molar-refractivity contribution is 0.0676. The van der Waals surface area contributed by atoms with Crippen LogP contribution in [0.1, 0.15) is 42.3 Å². The van der Waals surface area contributed by atoms with Crippen molar-refractivity contribution < 1.29 is 24.5 Å². The van der Waals surface area contributed by atoms with Crippen LogP contribution in [0.4, 0.5) is 10.5 Å². The number of phenolic OH excluding ortho intramolecular Hbond substituents is 1. The Kier molecular flexibility index (Phi) is 6.69. The maximum Gasteiger partial charge on any atom is 0.412 e. The van der Waals surface area contributed by atoms with Crippen LogP contribution in [0.25, 0.3) is 10.8 Å². The van der Waals surface area contributed by atoms with Crippen LogP contribution in [0, 0.1) is 5.92 Å². The minimum absolute atomic E-state index is 0.0365. The number of fused-ring (bicyclic) bond motifs is 1. The minimum atomic E-state index is -0.641. The number of aliphatic hydroxyl groups excluding tert-OH is 1. The number of amides is 1. The molecular weight excluding hydrogens is 382 g/mol. The van der Waals surface area contributed by atoms with Gasteiger partial charge in [-0.05, 0) is 55.0 Å². The number of ether oxygens (including phenoxy) is 1. The van der Waals surface area contributed by atoms with Gasteiger partial charge in [0.25, 0.3) is 0 Å².